The largest absolute Gasteiger partial charge is 0.506 e. The Morgan fingerprint density at radius 1 is 1.03 bits per heavy atom. The molecule has 7 heteroatoms. The van der Waals surface area contributed by atoms with Gasteiger partial charge in [-0.1, -0.05) is 36.4 Å². The van der Waals surface area contributed by atoms with Crippen molar-refractivity contribution in [1.82, 2.24) is 15.6 Å². The third kappa shape index (κ3) is 6.45. The SMILES string of the molecule is O=c1ccc2c(C(O)CNC(CCOCCc3ccccc3)C3CCNCC3)ccc(O)c2[nH]1. The van der Waals surface area contributed by atoms with Crippen molar-refractivity contribution >= 4 is 10.9 Å². The van der Waals surface area contributed by atoms with Crippen LogP contribution in [0.4, 0.5) is 0 Å². The maximum absolute atomic E-state index is 11.7. The number of aromatic nitrogens is 1. The van der Waals surface area contributed by atoms with Crippen LogP contribution in [0.5, 0.6) is 5.75 Å². The van der Waals surface area contributed by atoms with Gasteiger partial charge < -0.3 is 30.6 Å². The van der Waals surface area contributed by atoms with Crippen LogP contribution in [-0.4, -0.2) is 54.1 Å². The van der Waals surface area contributed by atoms with E-state index in [0.29, 0.717) is 42.1 Å². The Bertz CT molecular complexity index is 1100. The van der Waals surface area contributed by atoms with Gasteiger partial charge in [0.1, 0.15) is 5.75 Å². The second-order valence-corrected chi connectivity index (χ2v) is 9.04. The lowest BCUT2D eigenvalue weighted by molar-refractivity contribution is 0.108. The van der Waals surface area contributed by atoms with E-state index in [4.69, 9.17) is 4.74 Å². The minimum atomic E-state index is -0.766. The topological polar surface area (TPSA) is 107 Å². The molecule has 3 aromatic rings. The van der Waals surface area contributed by atoms with Crippen LogP contribution in [0.3, 0.4) is 0 Å². The summed E-state index contributed by atoms with van der Waals surface area (Å²) in [6, 6.07) is 16.9. The Morgan fingerprint density at radius 3 is 2.62 bits per heavy atom. The molecular weight excluding hydrogens is 430 g/mol. The molecule has 2 unspecified atom stereocenters. The molecule has 182 valence electrons. The van der Waals surface area contributed by atoms with E-state index < -0.39 is 6.10 Å². The molecule has 5 N–H and O–H groups in total. The summed E-state index contributed by atoms with van der Waals surface area (Å²) in [6.45, 7) is 3.78. The van der Waals surface area contributed by atoms with Crippen LogP contribution < -0.4 is 16.2 Å². The molecule has 7 nitrogen and oxygen atoms in total. The molecule has 4 rings (SSSR count). The van der Waals surface area contributed by atoms with Crippen molar-refractivity contribution in [3.8, 4) is 5.75 Å². The molecule has 0 saturated carbocycles. The number of aromatic amines is 1. The smallest absolute Gasteiger partial charge is 0.248 e. The lowest BCUT2D eigenvalue weighted by Gasteiger charge is -2.32. The summed E-state index contributed by atoms with van der Waals surface area (Å²) in [5.41, 5.74) is 2.03. The average Bonchev–Trinajstić information content (AvgIpc) is 2.87. The molecule has 0 spiro atoms. The molecule has 1 saturated heterocycles. The van der Waals surface area contributed by atoms with Gasteiger partial charge >= 0.3 is 0 Å². The average molecular weight is 466 g/mol. The number of piperidine rings is 1. The maximum Gasteiger partial charge on any atom is 0.248 e. The summed E-state index contributed by atoms with van der Waals surface area (Å²) in [5, 5.41) is 28.8. The van der Waals surface area contributed by atoms with E-state index in [1.54, 1.807) is 12.1 Å². The molecule has 0 radical (unpaired) electrons. The molecule has 2 heterocycles. The van der Waals surface area contributed by atoms with Crippen molar-refractivity contribution in [3.05, 3.63) is 76.1 Å². The van der Waals surface area contributed by atoms with Gasteiger partial charge in [-0.2, -0.15) is 0 Å². The summed E-state index contributed by atoms with van der Waals surface area (Å²) in [6.07, 6.45) is 3.22. The van der Waals surface area contributed by atoms with Crippen LogP contribution in [-0.2, 0) is 11.2 Å². The van der Waals surface area contributed by atoms with Crippen LogP contribution in [0.25, 0.3) is 10.9 Å². The van der Waals surface area contributed by atoms with Gasteiger partial charge in [-0.05, 0) is 68.0 Å². The third-order valence-electron chi connectivity index (χ3n) is 6.74. The van der Waals surface area contributed by atoms with Gasteiger partial charge in [-0.25, -0.2) is 0 Å². The number of ether oxygens (including phenoxy) is 1. The minimum Gasteiger partial charge on any atom is -0.506 e. The standard InChI is InChI=1S/C27H35N3O4/c31-24-8-6-21(22-7-9-26(33)30-27(22)24)25(32)18-29-23(20-10-14-28-15-11-20)13-17-34-16-12-19-4-2-1-3-5-19/h1-9,20,23,25,28-29,31-32H,10-18H2,(H,30,33). The van der Waals surface area contributed by atoms with Crippen molar-refractivity contribution < 1.29 is 14.9 Å². The molecule has 1 aromatic heterocycles. The van der Waals surface area contributed by atoms with Crippen LogP contribution in [0.2, 0.25) is 0 Å². The summed E-state index contributed by atoms with van der Waals surface area (Å²) in [4.78, 5) is 14.3. The number of nitrogens with one attached hydrogen (secondary N) is 3. The number of aromatic hydroxyl groups is 1. The highest BCUT2D eigenvalue weighted by molar-refractivity contribution is 5.87. The van der Waals surface area contributed by atoms with Gasteiger partial charge in [0.25, 0.3) is 0 Å². The predicted octanol–water partition coefficient (Wildman–Crippen LogP) is 2.87. The number of fused-ring (bicyclic) bond motifs is 1. The summed E-state index contributed by atoms with van der Waals surface area (Å²) < 4.78 is 5.95. The molecule has 0 amide bonds. The second-order valence-electron chi connectivity index (χ2n) is 9.04. The number of pyridine rings is 1. The summed E-state index contributed by atoms with van der Waals surface area (Å²) >= 11 is 0. The zero-order valence-corrected chi connectivity index (χ0v) is 19.5. The number of benzene rings is 2. The Labute approximate surface area is 200 Å². The molecule has 1 aliphatic heterocycles. The molecule has 34 heavy (non-hydrogen) atoms. The van der Waals surface area contributed by atoms with Crippen LogP contribution in [0, 0.1) is 5.92 Å². The van der Waals surface area contributed by atoms with Gasteiger partial charge in [0.15, 0.2) is 0 Å². The van der Waals surface area contributed by atoms with Gasteiger partial charge in [-0.15, -0.1) is 0 Å². The number of phenols is 1. The van der Waals surface area contributed by atoms with Gasteiger partial charge in [0, 0.05) is 30.6 Å². The number of rotatable bonds is 11. The number of aliphatic hydroxyl groups excluding tert-OH is 1. The number of aliphatic hydroxyl groups is 1. The first kappa shape index (κ1) is 24.4. The van der Waals surface area contributed by atoms with Crippen LogP contribution in [0.1, 0.15) is 36.5 Å². The first-order valence-corrected chi connectivity index (χ1v) is 12.2. The summed E-state index contributed by atoms with van der Waals surface area (Å²) in [5.74, 6) is 0.524. The fourth-order valence-corrected chi connectivity index (χ4v) is 4.82. The van der Waals surface area contributed by atoms with E-state index >= 15 is 0 Å². The molecule has 0 aliphatic carbocycles. The molecule has 2 aromatic carbocycles. The second kappa shape index (κ2) is 12.1. The van der Waals surface area contributed by atoms with Gasteiger partial charge in [0.05, 0.1) is 18.2 Å². The third-order valence-corrected chi connectivity index (χ3v) is 6.74. The van der Waals surface area contributed by atoms with Crippen LogP contribution >= 0.6 is 0 Å². The lowest BCUT2D eigenvalue weighted by atomic mass is 9.88. The molecule has 2 atom stereocenters. The van der Waals surface area contributed by atoms with E-state index in [0.717, 1.165) is 38.8 Å². The highest BCUT2D eigenvalue weighted by Crippen LogP contribution is 2.29. The maximum atomic E-state index is 11.7. The first-order valence-electron chi connectivity index (χ1n) is 12.2. The van der Waals surface area contributed by atoms with Crippen molar-refractivity contribution in [3.63, 3.8) is 0 Å². The van der Waals surface area contributed by atoms with E-state index in [-0.39, 0.29) is 17.4 Å². The normalized spacial score (nSPS) is 16.5. The van der Waals surface area contributed by atoms with Crippen molar-refractivity contribution in [2.75, 3.05) is 32.8 Å². The fraction of sp³-hybridized carbons (Fsp3) is 0.444. The number of H-pyrrole nitrogens is 1. The Morgan fingerprint density at radius 2 is 1.82 bits per heavy atom. The highest BCUT2D eigenvalue weighted by atomic mass is 16.5. The quantitative estimate of drug-likeness (QED) is 0.279. The predicted molar refractivity (Wildman–Crippen MR) is 134 cm³/mol. The molecule has 1 aliphatic rings. The number of hydrogen-bond acceptors (Lipinski definition) is 6. The zero-order chi connectivity index (χ0) is 23.8. The minimum absolute atomic E-state index is 0.00292. The lowest BCUT2D eigenvalue weighted by Crippen LogP contribution is -2.43. The Balaban J connectivity index is 1.35. The fourth-order valence-electron chi connectivity index (χ4n) is 4.82. The van der Waals surface area contributed by atoms with E-state index in [1.807, 2.05) is 18.2 Å². The molecule has 1 fully saturated rings. The summed E-state index contributed by atoms with van der Waals surface area (Å²) in [7, 11) is 0. The van der Waals surface area contributed by atoms with Crippen LogP contribution in [0.15, 0.2) is 59.4 Å². The van der Waals surface area contributed by atoms with Gasteiger partial charge in [-0.3, -0.25) is 4.79 Å². The van der Waals surface area contributed by atoms with Crippen molar-refractivity contribution in [2.24, 2.45) is 5.92 Å². The number of phenolic OH excluding ortho intramolecular Hbond substituents is 1. The molecule has 0 bridgehead atoms. The number of hydrogen-bond donors (Lipinski definition) is 5. The monoisotopic (exact) mass is 465 g/mol. The Hall–Kier alpha value is -2.71. The highest BCUT2D eigenvalue weighted by Gasteiger charge is 2.24. The first-order chi connectivity index (χ1) is 16.6. The van der Waals surface area contributed by atoms with Crippen molar-refractivity contribution in [2.45, 2.75) is 37.8 Å². The zero-order valence-electron chi connectivity index (χ0n) is 19.5. The van der Waals surface area contributed by atoms with Crippen molar-refractivity contribution in [1.29, 1.82) is 0 Å². The molecular formula is C27H35N3O4. The van der Waals surface area contributed by atoms with Gasteiger partial charge in [0.2, 0.25) is 5.56 Å². The Kier molecular flexibility index (Phi) is 8.71. The van der Waals surface area contributed by atoms with E-state index in [1.165, 1.54) is 17.7 Å². The van der Waals surface area contributed by atoms with E-state index in [9.17, 15) is 15.0 Å². The van der Waals surface area contributed by atoms with E-state index in [2.05, 4.69) is 27.8 Å².